The van der Waals surface area contributed by atoms with E-state index in [0.717, 1.165) is 6.42 Å². The Labute approximate surface area is 217 Å². The number of amides is 1. The van der Waals surface area contributed by atoms with Gasteiger partial charge in [0, 0.05) is 10.6 Å². The van der Waals surface area contributed by atoms with Gasteiger partial charge in [0.15, 0.2) is 17.2 Å². The number of methoxy groups -OCH3 is 1. The molecule has 3 aromatic rings. The zero-order valence-corrected chi connectivity index (χ0v) is 22.0. The fourth-order valence-electron chi connectivity index (χ4n) is 2.80. The highest BCUT2D eigenvalue weighted by molar-refractivity contribution is 9.10. The Bertz CT molecular complexity index is 1330. The summed E-state index contributed by atoms with van der Waals surface area (Å²) < 4.78 is 41.4. The molecule has 35 heavy (non-hydrogen) atoms. The van der Waals surface area contributed by atoms with Gasteiger partial charge in [-0.25, -0.2) is 5.43 Å². The van der Waals surface area contributed by atoms with E-state index in [1.807, 2.05) is 6.92 Å². The molecule has 0 aromatic heterocycles. The third-order valence-corrected chi connectivity index (χ3v) is 6.65. The highest BCUT2D eigenvalue weighted by Gasteiger charge is 2.18. The maximum Gasteiger partial charge on any atom is 0.339 e. The molecule has 0 fully saturated rings. The Morgan fingerprint density at radius 1 is 1.06 bits per heavy atom. The highest BCUT2D eigenvalue weighted by atomic mass is 79.9. The third kappa shape index (κ3) is 7.20. The molecule has 0 radical (unpaired) electrons. The quantitative estimate of drug-likeness (QED) is 0.195. The Kier molecular flexibility index (Phi) is 9.13. The lowest BCUT2D eigenvalue weighted by molar-refractivity contribution is 0.0954. The molecule has 0 unspecified atom stereocenters. The van der Waals surface area contributed by atoms with Gasteiger partial charge in [-0.2, -0.15) is 13.5 Å². The Morgan fingerprint density at radius 2 is 1.77 bits per heavy atom. The predicted molar refractivity (Wildman–Crippen MR) is 137 cm³/mol. The molecule has 0 bridgehead atoms. The number of ether oxygens (including phenoxy) is 2. The van der Waals surface area contributed by atoms with E-state index in [2.05, 4.69) is 26.5 Å². The van der Waals surface area contributed by atoms with Gasteiger partial charge in [-0.1, -0.05) is 18.5 Å². The lowest BCUT2D eigenvalue weighted by atomic mass is 10.2. The summed E-state index contributed by atoms with van der Waals surface area (Å²) in [6.07, 6.45) is 2.26. The molecule has 184 valence electrons. The minimum absolute atomic E-state index is 0.0243. The van der Waals surface area contributed by atoms with Crippen LogP contribution in [0.4, 0.5) is 0 Å². The van der Waals surface area contributed by atoms with Crippen LogP contribution in [0.5, 0.6) is 17.2 Å². The molecule has 0 spiro atoms. The first-order valence-electron chi connectivity index (χ1n) is 10.4. The average Bonchev–Trinajstić information content (AvgIpc) is 2.84. The van der Waals surface area contributed by atoms with Crippen LogP contribution in [0.15, 0.2) is 75.1 Å². The Morgan fingerprint density at radius 3 is 2.43 bits per heavy atom. The minimum atomic E-state index is -4.04. The monoisotopic (exact) mass is 580 g/mol. The van der Waals surface area contributed by atoms with Crippen LogP contribution in [-0.4, -0.2) is 34.3 Å². The van der Waals surface area contributed by atoms with Gasteiger partial charge in [-0.05, 0) is 88.6 Å². The average molecular weight is 582 g/mol. The van der Waals surface area contributed by atoms with E-state index in [9.17, 15) is 13.2 Å². The largest absolute Gasteiger partial charge is 0.493 e. The third-order valence-electron chi connectivity index (χ3n) is 4.52. The SMILES string of the molecule is CCCOc1ccc(C(=O)N/N=C/c2ccc(OS(=O)(=O)c3ccc(Cl)cc3)c(Br)c2)cc1OC. The van der Waals surface area contributed by atoms with Crippen molar-refractivity contribution < 1.29 is 26.9 Å². The summed E-state index contributed by atoms with van der Waals surface area (Å²) in [4.78, 5) is 12.4. The van der Waals surface area contributed by atoms with Crippen molar-refractivity contribution in [1.82, 2.24) is 5.43 Å². The van der Waals surface area contributed by atoms with E-state index in [1.165, 1.54) is 43.7 Å². The van der Waals surface area contributed by atoms with Crippen molar-refractivity contribution in [3.63, 3.8) is 0 Å². The van der Waals surface area contributed by atoms with E-state index < -0.39 is 16.0 Å². The van der Waals surface area contributed by atoms with Gasteiger partial charge in [-0.3, -0.25) is 4.79 Å². The fourth-order valence-corrected chi connectivity index (χ4v) is 4.46. The summed E-state index contributed by atoms with van der Waals surface area (Å²) in [5.74, 6) is 0.663. The Hall–Kier alpha value is -3.08. The lowest BCUT2D eigenvalue weighted by Gasteiger charge is -2.11. The molecule has 11 heteroatoms. The molecular weight excluding hydrogens is 560 g/mol. The maximum absolute atomic E-state index is 12.5. The first-order valence-corrected chi connectivity index (χ1v) is 12.9. The molecule has 0 atom stereocenters. The van der Waals surface area contributed by atoms with Crippen LogP contribution in [0.2, 0.25) is 5.02 Å². The number of carbonyl (C=O) groups is 1. The van der Waals surface area contributed by atoms with Gasteiger partial charge in [-0.15, -0.1) is 0 Å². The maximum atomic E-state index is 12.5. The van der Waals surface area contributed by atoms with Gasteiger partial charge in [0.25, 0.3) is 5.91 Å². The first-order chi connectivity index (χ1) is 16.7. The van der Waals surface area contributed by atoms with E-state index in [0.29, 0.717) is 38.7 Å². The van der Waals surface area contributed by atoms with Crippen LogP contribution in [0, 0.1) is 0 Å². The summed E-state index contributed by atoms with van der Waals surface area (Å²) >= 11 is 9.10. The number of nitrogens with one attached hydrogen (secondary N) is 1. The second-order valence-electron chi connectivity index (χ2n) is 7.09. The molecule has 0 heterocycles. The first kappa shape index (κ1) is 26.5. The second-order valence-corrected chi connectivity index (χ2v) is 9.93. The number of rotatable bonds is 10. The van der Waals surface area contributed by atoms with Gasteiger partial charge in [0.2, 0.25) is 0 Å². The smallest absolute Gasteiger partial charge is 0.339 e. The zero-order chi connectivity index (χ0) is 25.4. The molecule has 0 saturated carbocycles. The van der Waals surface area contributed by atoms with E-state index in [1.54, 1.807) is 30.3 Å². The van der Waals surface area contributed by atoms with Crippen molar-refractivity contribution in [2.45, 2.75) is 18.2 Å². The predicted octanol–water partition coefficient (Wildman–Crippen LogP) is 5.43. The van der Waals surface area contributed by atoms with Crippen LogP contribution < -0.4 is 19.1 Å². The normalized spacial score (nSPS) is 11.3. The number of carbonyl (C=O) groups excluding carboxylic acids is 1. The summed E-state index contributed by atoms with van der Waals surface area (Å²) in [6, 6.07) is 15.2. The summed E-state index contributed by atoms with van der Waals surface area (Å²) in [5, 5.41) is 4.37. The molecule has 0 saturated heterocycles. The van der Waals surface area contributed by atoms with Gasteiger partial charge >= 0.3 is 10.1 Å². The van der Waals surface area contributed by atoms with Crippen LogP contribution in [0.25, 0.3) is 0 Å². The van der Waals surface area contributed by atoms with Crippen molar-refractivity contribution in [2.24, 2.45) is 5.10 Å². The highest BCUT2D eigenvalue weighted by Crippen LogP contribution is 2.29. The summed E-state index contributed by atoms with van der Waals surface area (Å²) in [5.41, 5.74) is 3.38. The standard InChI is InChI=1S/C24H22BrClN2O6S/c1-3-12-33-22-11-5-17(14-23(22)32-2)24(29)28-27-15-16-4-10-21(20(25)13-16)34-35(30,31)19-8-6-18(26)7-9-19/h4-11,13-15H,3,12H2,1-2H3,(H,28,29)/b27-15+. The fraction of sp³-hybridized carbons (Fsp3) is 0.167. The number of benzene rings is 3. The molecule has 0 aliphatic carbocycles. The van der Waals surface area contributed by atoms with Crippen LogP contribution in [0.1, 0.15) is 29.3 Å². The molecule has 3 rings (SSSR count). The molecule has 1 N–H and O–H groups in total. The lowest BCUT2D eigenvalue weighted by Crippen LogP contribution is -2.17. The zero-order valence-electron chi connectivity index (χ0n) is 18.8. The number of hydrazone groups is 1. The molecule has 8 nitrogen and oxygen atoms in total. The van der Waals surface area contributed by atoms with Gasteiger partial charge in [0.05, 0.1) is 24.4 Å². The molecule has 0 aliphatic heterocycles. The number of halogens is 2. The molecule has 3 aromatic carbocycles. The van der Waals surface area contributed by atoms with Crippen molar-refractivity contribution in [2.75, 3.05) is 13.7 Å². The van der Waals surface area contributed by atoms with Crippen LogP contribution in [0.3, 0.4) is 0 Å². The number of nitrogens with zero attached hydrogens (tertiary/aromatic N) is 1. The Balaban J connectivity index is 1.65. The van der Waals surface area contributed by atoms with Gasteiger partial charge < -0.3 is 13.7 Å². The van der Waals surface area contributed by atoms with Crippen molar-refractivity contribution >= 4 is 49.8 Å². The van der Waals surface area contributed by atoms with Gasteiger partial charge in [0.1, 0.15) is 4.90 Å². The van der Waals surface area contributed by atoms with Crippen LogP contribution >= 0.6 is 27.5 Å². The molecule has 1 amide bonds. The molecular formula is C24H22BrClN2O6S. The second kappa shape index (κ2) is 12.1. The summed E-state index contributed by atoms with van der Waals surface area (Å²) in [7, 11) is -2.54. The van der Waals surface area contributed by atoms with E-state index in [-0.39, 0.29) is 10.6 Å². The van der Waals surface area contributed by atoms with Crippen molar-refractivity contribution in [3.05, 3.63) is 81.3 Å². The topological polar surface area (TPSA) is 103 Å². The number of hydrogen-bond donors (Lipinski definition) is 1. The van der Waals surface area contributed by atoms with Crippen molar-refractivity contribution in [3.8, 4) is 17.2 Å². The molecule has 0 aliphatic rings. The summed E-state index contributed by atoms with van der Waals surface area (Å²) in [6.45, 7) is 2.54. The number of hydrogen-bond acceptors (Lipinski definition) is 7. The van der Waals surface area contributed by atoms with E-state index in [4.69, 9.17) is 25.3 Å². The van der Waals surface area contributed by atoms with E-state index >= 15 is 0 Å². The minimum Gasteiger partial charge on any atom is -0.493 e. The van der Waals surface area contributed by atoms with Crippen molar-refractivity contribution in [1.29, 1.82) is 0 Å². The van der Waals surface area contributed by atoms with Crippen LogP contribution in [-0.2, 0) is 10.1 Å².